The first-order chi connectivity index (χ1) is 13.8. The highest BCUT2D eigenvalue weighted by Gasteiger charge is 2.62. The van der Waals surface area contributed by atoms with Crippen LogP contribution in [0.2, 0.25) is 14.8 Å². The van der Waals surface area contributed by atoms with E-state index in [2.05, 4.69) is 83.1 Å². The Morgan fingerprint density at radius 3 is 1.37 bits per heavy atom. The van der Waals surface area contributed by atoms with Gasteiger partial charge in [-0.05, 0) is 60.2 Å². The van der Waals surface area contributed by atoms with Crippen LogP contribution in [0, 0.1) is 46.8 Å². The summed E-state index contributed by atoms with van der Waals surface area (Å²) < 4.78 is 0.645. The molecule has 0 aliphatic carbocycles. The molecule has 1 atom stereocenters. The van der Waals surface area contributed by atoms with Crippen LogP contribution >= 0.6 is 0 Å². The van der Waals surface area contributed by atoms with Gasteiger partial charge < -0.3 is 0 Å². The van der Waals surface area contributed by atoms with Crippen molar-refractivity contribution in [2.45, 2.75) is 136 Å². The maximum absolute atomic E-state index is 2.53. The first kappa shape index (κ1) is 28.6. The van der Waals surface area contributed by atoms with Gasteiger partial charge in [-0.1, -0.05) is 123 Å². The highest BCUT2D eigenvalue weighted by atomic mass is 27.2. The highest BCUT2D eigenvalue weighted by Crippen LogP contribution is 2.70. The molecule has 0 radical (unpaired) electrons. The third kappa shape index (κ3) is 7.27. The fourth-order valence-electron chi connectivity index (χ4n) is 8.15. The Bertz CT molecular complexity index is 407. The molecule has 0 bridgehead atoms. The maximum Gasteiger partial charge on any atom is 0.270 e. The second-order valence-electron chi connectivity index (χ2n) is 13.9. The molecule has 1 rings (SSSR count). The number of hydrogen-bond acceptors (Lipinski definition) is 0. The summed E-state index contributed by atoms with van der Waals surface area (Å²) in [6.07, 6.45) is 8.96. The van der Waals surface area contributed by atoms with Crippen molar-refractivity contribution >= 4 is 14.1 Å². The highest BCUT2D eigenvalue weighted by molar-refractivity contribution is 6.63. The average molecular weight is 435 g/mol. The molecule has 0 saturated carbocycles. The molecule has 0 aromatic heterocycles. The molecule has 0 aromatic carbocycles. The molecular formula is C29H59Al. The van der Waals surface area contributed by atoms with E-state index < -0.39 is 14.1 Å². The van der Waals surface area contributed by atoms with Crippen LogP contribution in [0.5, 0.6) is 0 Å². The molecule has 1 fully saturated rings. The minimum Gasteiger partial charge on any atom is -0.0932 e. The molecule has 1 aliphatic heterocycles. The zero-order valence-electron chi connectivity index (χ0n) is 23.3. The average Bonchev–Trinajstić information content (AvgIpc) is 2.51. The van der Waals surface area contributed by atoms with Gasteiger partial charge in [-0.2, -0.15) is 0 Å². The molecule has 1 aliphatic rings. The van der Waals surface area contributed by atoms with Gasteiger partial charge in [0, 0.05) is 0 Å². The quantitative estimate of drug-likeness (QED) is 0.268. The van der Waals surface area contributed by atoms with Gasteiger partial charge in [0.1, 0.15) is 0 Å². The third-order valence-electron chi connectivity index (χ3n) is 8.02. The predicted molar refractivity (Wildman–Crippen MR) is 141 cm³/mol. The van der Waals surface area contributed by atoms with Crippen LogP contribution in [0.25, 0.3) is 0 Å². The van der Waals surface area contributed by atoms with Gasteiger partial charge in [-0.25, -0.2) is 0 Å². The van der Waals surface area contributed by atoms with Crippen molar-refractivity contribution in [3.05, 3.63) is 0 Å². The Kier molecular flexibility index (Phi) is 11.5. The van der Waals surface area contributed by atoms with Gasteiger partial charge in [-0.3, -0.25) is 0 Å². The van der Waals surface area contributed by atoms with E-state index >= 15 is 0 Å². The van der Waals surface area contributed by atoms with Crippen molar-refractivity contribution in [3.8, 4) is 0 Å². The smallest absolute Gasteiger partial charge is 0.0932 e. The van der Waals surface area contributed by atoms with E-state index in [0.717, 1.165) is 41.4 Å². The summed E-state index contributed by atoms with van der Waals surface area (Å²) >= 11 is -0.874. The van der Waals surface area contributed by atoms with Crippen molar-refractivity contribution in [1.82, 2.24) is 0 Å². The lowest BCUT2D eigenvalue weighted by Crippen LogP contribution is -2.57. The SMILES string of the molecule is CC(C)CC1C[CH2][Al]([CH2]C(C)C)[C](CC(C)C)(CC(C)C)C1(CC(C)C)CC(C)C. The van der Waals surface area contributed by atoms with E-state index in [0.29, 0.717) is 9.69 Å². The topological polar surface area (TPSA) is 0 Å². The summed E-state index contributed by atoms with van der Waals surface area (Å²) in [7, 11) is 0. The van der Waals surface area contributed by atoms with Gasteiger partial charge in [0.05, 0.1) is 0 Å². The van der Waals surface area contributed by atoms with Crippen LogP contribution in [-0.4, -0.2) is 14.1 Å². The molecule has 178 valence electrons. The van der Waals surface area contributed by atoms with Crippen molar-refractivity contribution in [1.29, 1.82) is 0 Å². The van der Waals surface area contributed by atoms with E-state index in [1.165, 1.54) is 32.1 Å². The molecule has 0 aromatic rings. The van der Waals surface area contributed by atoms with Crippen molar-refractivity contribution in [3.63, 3.8) is 0 Å². The van der Waals surface area contributed by atoms with Crippen molar-refractivity contribution in [2.75, 3.05) is 0 Å². The Balaban J connectivity index is 3.80. The first-order valence-electron chi connectivity index (χ1n) is 13.8. The standard InChI is InChI=1S/C25H50.C4H9.Al/c1-12-23(13-18(2)3)25(16-21(8)9,17-22(10)11)24(14-19(4)5)15-20(6)7;1-4(2)3;/h18-23H,1,12-17H2,2-11H3;4H,1H2,2-3H3;. The zero-order valence-corrected chi connectivity index (χ0v) is 24.4. The van der Waals surface area contributed by atoms with E-state index in [1.807, 2.05) is 0 Å². The molecule has 1 saturated heterocycles. The molecule has 0 N–H and O–H groups in total. The lowest BCUT2D eigenvalue weighted by molar-refractivity contribution is -0.0150. The molecule has 1 heteroatoms. The summed E-state index contributed by atoms with van der Waals surface area (Å²) in [5.74, 6) is 5.90. The van der Waals surface area contributed by atoms with Gasteiger partial charge in [0.15, 0.2) is 0 Å². The van der Waals surface area contributed by atoms with Gasteiger partial charge in [0.25, 0.3) is 14.1 Å². The number of hydrogen-bond donors (Lipinski definition) is 0. The Labute approximate surface area is 197 Å². The summed E-state index contributed by atoms with van der Waals surface area (Å²) in [5.41, 5.74) is 0.568. The van der Waals surface area contributed by atoms with Crippen LogP contribution in [0.1, 0.15) is 122 Å². The summed E-state index contributed by atoms with van der Waals surface area (Å²) in [6.45, 7) is 30.2. The van der Waals surface area contributed by atoms with Crippen LogP contribution in [0.3, 0.4) is 0 Å². The molecule has 0 spiro atoms. The number of rotatable bonds is 12. The van der Waals surface area contributed by atoms with Gasteiger partial charge in [-0.15, -0.1) is 0 Å². The fourth-order valence-corrected chi connectivity index (χ4v) is 14.2. The molecule has 1 heterocycles. The van der Waals surface area contributed by atoms with Crippen LogP contribution < -0.4 is 0 Å². The van der Waals surface area contributed by atoms with Crippen molar-refractivity contribution in [2.24, 2.45) is 46.8 Å². The minimum absolute atomic E-state index is 0.568. The Morgan fingerprint density at radius 1 is 0.600 bits per heavy atom. The van der Waals surface area contributed by atoms with Gasteiger partial charge >= 0.3 is 0 Å². The summed E-state index contributed by atoms with van der Waals surface area (Å²) in [4.78, 5) is 0. The second-order valence-corrected chi connectivity index (χ2v) is 17.5. The van der Waals surface area contributed by atoms with Crippen LogP contribution in [0.15, 0.2) is 0 Å². The third-order valence-corrected chi connectivity index (χ3v) is 13.2. The molecule has 1 unspecified atom stereocenters. The lowest BCUT2D eigenvalue weighted by Gasteiger charge is -2.64. The monoisotopic (exact) mass is 434 g/mol. The largest absolute Gasteiger partial charge is 0.270 e. The van der Waals surface area contributed by atoms with Crippen molar-refractivity contribution < 1.29 is 0 Å². The predicted octanol–water partition coefficient (Wildman–Crippen LogP) is 10.1. The second kappa shape index (κ2) is 12.1. The van der Waals surface area contributed by atoms with Gasteiger partial charge in [0.2, 0.25) is 0 Å². The van der Waals surface area contributed by atoms with E-state index in [1.54, 1.807) is 17.0 Å². The molecular weight excluding hydrogens is 375 g/mol. The zero-order chi connectivity index (χ0) is 23.3. The Morgan fingerprint density at radius 2 is 1.03 bits per heavy atom. The van der Waals surface area contributed by atoms with E-state index in [9.17, 15) is 0 Å². The van der Waals surface area contributed by atoms with E-state index in [-0.39, 0.29) is 0 Å². The summed E-state index contributed by atoms with van der Waals surface area (Å²) in [6, 6.07) is 0. The van der Waals surface area contributed by atoms with Crippen LogP contribution in [-0.2, 0) is 0 Å². The first-order valence-corrected chi connectivity index (χ1v) is 16.0. The Hall–Kier alpha value is 0.532. The minimum atomic E-state index is -0.874. The lowest BCUT2D eigenvalue weighted by atomic mass is 9.53. The molecule has 0 nitrogen and oxygen atoms in total. The maximum atomic E-state index is 2.53. The fraction of sp³-hybridized carbons (Fsp3) is 1.00. The van der Waals surface area contributed by atoms with E-state index in [4.69, 9.17) is 0 Å². The molecule has 0 amide bonds. The molecule has 30 heavy (non-hydrogen) atoms. The normalized spacial score (nSPS) is 21.8. The summed E-state index contributed by atoms with van der Waals surface area (Å²) in [5, 5.41) is 3.19. The van der Waals surface area contributed by atoms with Crippen LogP contribution in [0.4, 0.5) is 0 Å².